The molecule has 42 heavy (non-hydrogen) atoms. The Balaban J connectivity index is 0.00000129. The van der Waals surface area contributed by atoms with Crippen LogP contribution in [-0.2, 0) is 33.5 Å². The Hall–Kier alpha value is -2.94. The molecule has 2 unspecified atom stereocenters. The zero-order chi connectivity index (χ0) is 30.7. The van der Waals surface area contributed by atoms with E-state index in [0.29, 0.717) is 29.5 Å². The lowest BCUT2D eigenvalue weighted by molar-refractivity contribution is -0.192. The molecule has 5 rings (SSSR count). The van der Waals surface area contributed by atoms with Gasteiger partial charge in [0.2, 0.25) is 5.91 Å². The molecular formula is C27H36F6N6O3. The molecule has 2 amide bonds. The fourth-order valence-electron chi connectivity index (χ4n) is 6.11. The molecule has 0 bridgehead atoms. The number of fused-ring (bicyclic) bond motifs is 1. The van der Waals surface area contributed by atoms with Crippen molar-refractivity contribution >= 4 is 11.8 Å². The smallest absolute Gasteiger partial charge is 0.381 e. The number of halogens is 6. The largest absolute Gasteiger partial charge is 0.471 e. The van der Waals surface area contributed by atoms with Crippen LogP contribution in [0.3, 0.4) is 0 Å². The van der Waals surface area contributed by atoms with Gasteiger partial charge in [0, 0.05) is 44.3 Å². The number of amides is 2. The van der Waals surface area contributed by atoms with E-state index in [2.05, 4.69) is 35.1 Å². The molecule has 3 aliphatic heterocycles. The van der Waals surface area contributed by atoms with E-state index in [4.69, 9.17) is 4.74 Å². The monoisotopic (exact) mass is 606 g/mol. The van der Waals surface area contributed by atoms with E-state index in [1.807, 2.05) is 0 Å². The molecule has 0 radical (unpaired) electrons. The van der Waals surface area contributed by atoms with Crippen molar-refractivity contribution < 1.29 is 40.7 Å². The Morgan fingerprint density at radius 3 is 2.33 bits per heavy atom. The normalized spacial score (nSPS) is 24.5. The van der Waals surface area contributed by atoms with Crippen molar-refractivity contribution in [3.63, 3.8) is 0 Å². The van der Waals surface area contributed by atoms with Gasteiger partial charge in [-0.2, -0.15) is 31.8 Å². The van der Waals surface area contributed by atoms with Crippen LogP contribution < -0.4 is 11.0 Å². The average molecular weight is 607 g/mol. The van der Waals surface area contributed by atoms with Crippen LogP contribution in [0, 0.1) is 5.92 Å². The molecule has 15 heteroatoms. The van der Waals surface area contributed by atoms with E-state index in [-0.39, 0.29) is 57.9 Å². The second-order valence-electron chi connectivity index (χ2n) is 11.0. The first-order chi connectivity index (χ1) is 19.8. The summed E-state index contributed by atoms with van der Waals surface area (Å²) in [6.07, 6.45) is -7.72. The summed E-state index contributed by atoms with van der Waals surface area (Å²) in [6, 6.07) is 0.695. The van der Waals surface area contributed by atoms with E-state index >= 15 is 0 Å². The van der Waals surface area contributed by atoms with Crippen molar-refractivity contribution in [3.8, 4) is 0 Å². The van der Waals surface area contributed by atoms with E-state index in [1.165, 1.54) is 11.3 Å². The minimum absolute atomic E-state index is 0.0608. The minimum atomic E-state index is -5.03. The highest BCUT2D eigenvalue weighted by Crippen LogP contribution is 2.39. The maximum atomic E-state index is 13.7. The average Bonchev–Trinajstić information content (AvgIpc) is 3.65. The molecule has 1 aromatic rings. The highest BCUT2D eigenvalue weighted by atomic mass is 19.4. The van der Waals surface area contributed by atoms with Gasteiger partial charge in [0.25, 0.3) is 0 Å². The van der Waals surface area contributed by atoms with Crippen molar-refractivity contribution in [3.05, 3.63) is 34.4 Å². The molecule has 1 aliphatic carbocycles. The molecule has 234 valence electrons. The number of alkyl halides is 6. The number of carbonyl (C=O) groups excluding carboxylic acids is 2. The lowest BCUT2D eigenvalue weighted by Gasteiger charge is -2.39. The van der Waals surface area contributed by atoms with Crippen LogP contribution in [0.2, 0.25) is 0 Å². The van der Waals surface area contributed by atoms with Gasteiger partial charge in [-0.25, -0.2) is 5.53 Å². The molecule has 1 aromatic carbocycles. The molecule has 0 aromatic heterocycles. The Morgan fingerprint density at radius 1 is 1.05 bits per heavy atom. The third-order valence-corrected chi connectivity index (χ3v) is 7.94. The predicted molar refractivity (Wildman–Crippen MR) is 138 cm³/mol. The first-order valence-electron chi connectivity index (χ1n) is 14.2. The standard InChI is InChI=1S/C24H28F6N6O3.C3H8/c25-23(26,27)15-9-14-12-35(6-3-18(14)19(11-15)20-31-33-34-32-20)21(37)13-1-2-17(10-13)36(22(38)24(28,29)30)16-4-7-39-8-5-16;1-3-2/h9,11,13,16-17,20H,1-8,10,12H2,(H,31,34)(H,32,33);3H2,1-2H3/t13-,17?;/m0./s1. The van der Waals surface area contributed by atoms with Crippen LogP contribution in [0.4, 0.5) is 26.3 Å². The highest BCUT2D eigenvalue weighted by Gasteiger charge is 2.49. The third kappa shape index (κ3) is 7.16. The number of carbonyl (C=O) groups is 2. The zero-order valence-corrected chi connectivity index (χ0v) is 23.5. The molecule has 1 saturated carbocycles. The summed E-state index contributed by atoms with van der Waals surface area (Å²) < 4.78 is 86.6. The second-order valence-corrected chi connectivity index (χ2v) is 11.0. The number of nitrogens with one attached hydrogen (secondary N) is 2. The van der Waals surface area contributed by atoms with E-state index in [1.54, 1.807) is 0 Å². The number of hydrazine groups is 1. The van der Waals surface area contributed by atoms with E-state index in [9.17, 15) is 35.9 Å². The number of rotatable bonds is 4. The molecule has 0 spiro atoms. The maximum absolute atomic E-state index is 13.7. The van der Waals surface area contributed by atoms with Crippen molar-refractivity contribution in [1.82, 2.24) is 20.8 Å². The van der Waals surface area contributed by atoms with Crippen LogP contribution in [0.5, 0.6) is 0 Å². The molecule has 9 nitrogen and oxygen atoms in total. The van der Waals surface area contributed by atoms with Gasteiger partial charge >= 0.3 is 18.3 Å². The Morgan fingerprint density at radius 2 is 1.74 bits per heavy atom. The molecule has 3 atom stereocenters. The van der Waals surface area contributed by atoms with Crippen molar-refractivity contribution in [2.24, 2.45) is 16.3 Å². The quantitative estimate of drug-likeness (QED) is 0.459. The molecule has 1 saturated heterocycles. The number of benzene rings is 1. The van der Waals surface area contributed by atoms with Crippen LogP contribution >= 0.6 is 0 Å². The lowest BCUT2D eigenvalue weighted by Crippen LogP contribution is -2.53. The van der Waals surface area contributed by atoms with Gasteiger partial charge in [-0.3, -0.25) is 9.59 Å². The molecule has 2 N–H and O–H groups in total. The fraction of sp³-hybridized carbons (Fsp3) is 0.704. The Labute approximate surface area is 240 Å². The van der Waals surface area contributed by atoms with Gasteiger partial charge in [-0.05, 0) is 67.3 Å². The topological polar surface area (TPSA) is 98.6 Å². The van der Waals surface area contributed by atoms with E-state index < -0.39 is 48.0 Å². The maximum Gasteiger partial charge on any atom is 0.471 e. The van der Waals surface area contributed by atoms with Crippen molar-refractivity contribution in [1.29, 1.82) is 0 Å². The highest BCUT2D eigenvalue weighted by molar-refractivity contribution is 5.83. The SMILES string of the molecule is CCC.O=C([C@H]1CCC(N(C(=O)C(F)(F)F)C2CCOCC2)C1)N1CCc2c(cc(C(F)(F)F)cc2C2N=NNN2)C1. The summed E-state index contributed by atoms with van der Waals surface area (Å²) in [5.41, 5.74) is 5.55. The zero-order valence-electron chi connectivity index (χ0n) is 23.5. The third-order valence-electron chi connectivity index (χ3n) is 7.94. The first-order valence-corrected chi connectivity index (χ1v) is 14.2. The molecule has 2 fully saturated rings. The van der Waals surface area contributed by atoms with Gasteiger partial charge in [0.05, 0.1) is 5.56 Å². The van der Waals surface area contributed by atoms with Crippen LogP contribution in [0.1, 0.15) is 80.8 Å². The summed E-state index contributed by atoms with van der Waals surface area (Å²) in [6.45, 7) is 4.94. The summed E-state index contributed by atoms with van der Waals surface area (Å²) in [7, 11) is 0. The summed E-state index contributed by atoms with van der Waals surface area (Å²) >= 11 is 0. The summed E-state index contributed by atoms with van der Waals surface area (Å²) in [5, 5.41) is 7.46. The number of ether oxygens (including phenoxy) is 1. The van der Waals surface area contributed by atoms with Crippen LogP contribution in [0.15, 0.2) is 22.5 Å². The number of hydrogen-bond donors (Lipinski definition) is 2. The van der Waals surface area contributed by atoms with Gasteiger partial charge in [-0.15, -0.1) is 5.11 Å². The van der Waals surface area contributed by atoms with Crippen LogP contribution in [0.25, 0.3) is 0 Å². The lowest BCUT2D eigenvalue weighted by atomic mass is 9.90. The van der Waals surface area contributed by atoms with Crippen LogP contribution in [-0.4, -0.2) is 59.6 Å². The Bertz CT molecular complexity index is 1150. The van der Waals surface area contributed by atoms with Gasteiger partial charge in [-0.1, -0.05) is 25.5 Å². The van der Waals surface area contributed by atoms with E-state index in [0.717, 1.165) is 17.0 Å². The molecule has 4 aliphatic rings. The van der Waals surface area contributed by atoms with Crippen molar-refractivity contribution in [2.75, 3.05) is 19.8 Å². The van der Waals surface area contributed by atoms with Crippen molar-refractivity contribution in [2.45, 2.75) is 95.9 Å². The van der Waals surface area contributed by atoms with Gasteiger partial charge < -0.3 is 14.5 Å². The van der Waals surface area contributed by atoms with Gasteiger partial charge in [0.1, 0.15) is 0 Å². The minimum Gasteiger partial charge on any atom is -0.381 e. The number of hydrogen-bond acceptors (Lipinski definition) is 7. The van der Waals surface area contributed by atoms with Gasteiger partial charge in [0.15, 0.2) is 6.17 Å². The summed E-state index contributed by atoms with van der Waals surface area (Å²) in [4.78, 5) is 28.2. The predicted octanol–water partition coefficient (Wildman–Crippen LogP) is 5.22. The first kappa shape index (κ1) is 32.0. The number of nitrogens with zero attached hydrogens (tertiary/aromatic N) is 4. The fourth-order valence-corrected chi connectivity index (χ4v) is 6.11. The molecular weight excluding hydrogens is 570 g/mol. The Kier molecular flexibility index (Phi) is 10.0. The second kappa shape index (κ2) is 13.1. The summed E-state index contributed by atoms with van der Waals surface area (Å²) in [5.74, 6) is -2.85. The molecule has 3 heterocycles.